The Bertz CT molecular complexity index is 74.4. The van der Waals surface area contributed by atoms with E-state index in [2.05, 4.69) is 0 Å². The molecular weight excluding hydrogens is 144 g/mol. The number of carbonyl (C=O) groups is 1. The molecule has 8 heavy (non-hydrogen) atoms. The van der Waals surface area contributed by atoms with Crippen LogP contribution in [0.25, 0.3) is 0 Å². The minimum Gasteiger partial charge on any atom is -0.473 e. The molecule has 0 saturated carbocycles. The number of carboxylic acid groups (broad SMARTS) is 1. The van der Waals surface area contributed by atoms with Gasteiger partial charge in [0, 0.05) is 11.5 Å². The van der Waals surface area contributed by atoms with E-state index in [1.54, 1.807) is 11.8 Å². The van der Waals surface area contributed by atoms with E-state index in [1.807, 2.05) is 6.26 Å². The van der Waals surface area contributed by atoms with E-state index in [0.29, 0.717) is 5.75 Å². The summed E-state index contributed by atoms with van der Waals surface area (Å²) in [7, 11) is 0. The van der Waals surface area contributed by atoms with Crippen LogP contribution in [0.1, 0.15) is 0 Å². The highest BCUT2D eigenvalue weighted by molar-refractivity contribution is 8.13. The van der Waals surface area contributed by atoms with Crippen LogP contribution in [0.15, 0.2) is 0 Å². The molecule has 0 bridgehead atoms. The summed E-state index contributed by atoms with van der Waals surface area (Å²) in [4.78, 5) is 9.83. The highest BCUT2D eigenvalue weighted by atomic mass is 32.2. The van der Waals surface area contributed by atoms with Crippen molar-refractivity contribution < 1.29 is 9.90 Å². The third-order valence-corrected chi connectivity index (χ3v) is 2.04. The number of hydrogen-bond donors (Lipinski definition) is 1. The first-order valence-electron chi connectivity index (χ1n) is 2.12. The second kappa shape index (κ2) is 5.31. The molecule has 0 fully saturated rings. The molecule has 0 aliphatic heterocycles. The Kier molecular flexibility index (Phi) is 5.42. The Hall–Kier alpha value is 0.170. The van der Waals surface area contributed by atoms with Gasteiger partial charge < -0.3 is 5.11 Å². The molecule has 0 aromatic carbocycles. The largest absolute Gasteiger partial charge is 0.473 e. The van der Waals surface area contributed by atoms with Gasteiger partial charge in [-0.1, -0.05) is 0 Å². The predicted molar refractivity (Wildman–Crippen MR) is 38.9 cm³/mol. The normalized spacial score (nSPS) is 9.12. The first-order valence-corrected chi connectivity index (χ1v) is 4.50. The van der Waals surface area contributed by atoms with Gasteiger partial charge in [0.05, 0.1) is 0 Å². The van der Waals surface area contributed by atoms with Crippen molar-refractivity contribution in [3.63, 3.8) is 0 Å². The lowest BCUT2D eigenvalue weighted by molar-refractivity contribution is 0.222. The summed E-state index contributed by atoms with van der Waals surface area (Å²) < 4.78 is 0. The van der Waals surface area contributed by atoms with Gasteiger partial charge in [-0.25, -0.2) is 4.79 Å². The van der Waals surface area contributed by atoms with Crippen LogP contribution in [-0.4, -0.2) is 28.2 Å². The van der Waals surface area contributed by atoms with Crippen LogP contribution in [0.5, 0.6) is 0 Å². The van der Waals surface area contributed by atoms with Crippen LogP contribution in [-0.2, 0) is 0 Å². The molecule has 0 rings (SSSR count). The number of hydrogen-bond acceptors (Lipinski definition) is 3. The van der Waals surface area contributed by atoms with Crippen molar-refractivity contribution in [2.75, 3.05) is 17.8 Å². The van der Waals surface area contributed by atoms with E-state index in [1.165, 1.54) is 0 Å². The van der Waals surface area contributed by atoms with Gasteiger partial charge in [0.2, 0.25) is 0 Å². The molecule has 0 aromatic rings. The molecule has 4 heteroatoms. The molecule has 0 saturated heterocycles. The van der Waals surface area contributed by atoms with Crippen molar-refractivity contribution in [1.82, 2.24) is 0 Å². The Morgan fingerprint density at radius 3 is 2.62 bits per heavy atom. The van der Waals surface area contributed by atoms with Crippen LogP contribution in [0.4, 0.5) is 4.79 Å². The highest BCUT2D eigenvalue weighted by Crippen LogP contribution is 2.03. The maximum absolute atomic E-state index is 9.83. The van der Waals surface area contributed by atoms with Gasteiger partial charge in [0.15, 0.2) is 0 Å². The first-order chi connectivity index (χ1) is 3.77. The highest BCUT2D eigenvalue weighted by Gasteiger charge is 1.93. The Balaban J connectivity index is 2.82. The summed E-state index contributed by atoms with van der Waals surface area (Å²) in [6.45, 7) is 0. The van der Waals surface area contributed by atoms with E-state index in [0.717, 1.165) is 17.5 Å². The summed E-state index contributed by atoms with van der Waals surface area (Å²) in [5, 5.41) is 7.32. The van der Waals surface area contributed by atoms with Gasteiger partial charge in [-0.3, -0.25) is 0 Å². The molecular formula is C4H8O2S2. The fraction of sp³-hybridized carbons (Fsp3) is 0.750. The maximum atomic E-state index is 9.83. The molecule has 0 radical (unpaired) electrons. The van der Waals surface area contributed by atoms with Gasteiger partial charge in [0.25, 0.3) is 0 Å². The zero-order valence-electron chi connectivity index (χ0n) is 4.59. The second-order valence-corrected chi connectivity index (χ2v) is 3.14. The smallest absolute Gasteiger partial charge is 0.364 e. The molecule has 2 nitrogen and oxygen atoms in total. The average Bonchev–Trinajstić information content (AvgIpc) is 1.66. The van der Waals surface area contributed by atoms with Crippen molar-refractivity contribution >= 4 is 28.8 Å². The van der Waals surface area contributed by atoms with Gasteiger partial charge in [0.1, 0.15) is 0 Å². The molecule has 0 heterocycles. The van der Waals surface area contributed by atoms with Crippen LogP contribution in [0.2, 0.25) is 0 Å². The van der Waals surface area contributed by atoms with Gasteiger partial charge >= 0.3 is 5.30 Å². The average molecular weight is 152 g/mol. The minimum atomic E-state index is -0.779. The van der Waals surface area contributed by atoms with Gasteiger partial charge in [-0.15, -0.1) is 0 Å². The Morgan fingerprint density at radius 1 is 1.62 bits per heavy atom. The van der Waals surface area contributed by atoms with Crippen LogP contribution in [0, 0.1) is 0 Å². The molecule has 0 unspecified atom stereocenters. The Morgan fingerprint density at radius 2 is 2.25 bits per heavy atom. The SMILES string of the molecule is CSCCSC(=O)O. The molecule has 0 atom stereocenters. The van der Waals surface area contributed by atoms with Crippen LogP contribution >= 0.6 is 23.5 Å². The van der Waals surface area contributed by atoms with E-state index >= 15 is 0 Å². The lowest BCUT2D eigenvalue weighted by Gasteiger charge is -1.89. The minimum absolute atomic E-state index is 0.705. The van der Waals surface area contributed by atoms with Crippen LogP contribution in [0.3, 0.4) is 0 Å². The molecule has 0 aliphatic rings. The van der Waals surface area contributed by atoms with Crippen molar-refractivity contribution in [3.05, 3.63) is 0 Å². The fourth-order valence-corrected chi connectivity index (χ4v) is 1.39. The molecule has 1 N–H and O–H groups in total. The third-order valence-electron chi connectivity index (χ3n) is 0.513. The second-order valence-electron chi connectivity index (χ2n) is 1.11. The van der Waals surface area contributed by atoms with Crippen LogP contribution < -0.4 is 0 Å². The van der Waals surface area contributed by atoms with Crippen molar-refractivity contribution in [1.29, 1.82) is 0 Å². The molecule has 48 valence electrons. The topological polar surface area (TPSA) is 37.3 Å². The van der Waals surface area contributed by atoms with E-state index in [4.69, 9.17) is 5.11 Å². The summed E-state index contributed by atoms with van der Waals surface area (Å²) >= 11 is 2.61. The summed E-state index contributed by atoms with van der Waals surface area (Å²) in [5.41, 5.74) is 0. The maximum Gasteiger partial charge on any atom is 0.364 e. The summed E-state index contributed by atoms with van der Waals surface area (Å²) in [5.74, 6) is 1.62. The predicted octanol–water partition coefficient (Wildman–Crippen LogP) is 1.76. The zero-order valence-corrected chi connectivity index (χ0v) is 6.22. The third kappa shape index (κ3) is 6.17. The number of thioether (sulfide) groups is 2. The van der Waals surface area contributed by atoms with E-state index in [9.17, 15) is 4.79 Å². The van der Waals surface area contributed by atoms with Crippen molar-refractivity contribution in [2.45, 2.75) is 0 Å². The fourth-order valence-electron chi connectivity index (χ4n) is 0.212. The zero-order chi connectivity index (χ0) is 6.41. The first kappa shape index (κ1) is 8.17. The monoisotopic (exact) mass is 152 g/mol. The lowest BCUT2D eigenvalue weighted by atomic mass is 11.0. The molecule has 0 spiro atoms. The van der Waals surface area contributed by atoms with Crippen molar-refractivity contribution in [2.24, 2.45) is 0 Å². The summed E-state index contributed by atoms with van der Waals surface area (Å²) in [6.07, 6.45) is 1.96. The standard InChI is InChI=1S/C4H8O2S2/c1-7-2-3-8-4(5)6/h2-3H2,1H3,(H,5,6). The Labute approximate surface area is 57.0 Å². The number of rotatable bonds is 3. The van der Waals surface area contributed by atoms with E-state index in [-0.39, 0.29) is 0 Å². The van der Waals surface area contributed by atoms with Gasteiger partial charge in [-0.05, 0) is 18.0 Å². The molecule has 0 amide bonds. The van der Waals surface area contributed by atoms with Crippen molar-refractivity contribution in [3.8, 4) is 0 Å². The van der Waals surface area contributed by atoms with Gasteiger partial charge in [-0.2, -0.15) is 11.8 Å². The quantitative estimate of drug-likeness (QED) is 0.625. The van der Waals surface area contributed by atoms with E-state index < -0.39 is 5.30 Å². The summed E-state index contributed by atoms with van der Waals surface area (Å²) in [6, 6.07) is 0. The lowest BCUT2D eigenvalue weighted by Crippen LogP contribution is -1.88. The molecule has 0 aromatic heterocycles. The molecule has 0 aliphatic carbocycles.